The average molecular weight is 870 g/mol. The van der Waals surface area contributed by atoms with Crippen LogP contribution >= 0.6 is 0 Å². The van der Waals surface area contributed by atoms with Gasteiger partial charge in [0.1, 0.15) is 53.2 Å². The monoisotopic (exact) mass is 869 g/mol. The summed E-state index contributed by atoms with van der Waals surface area (Å²) in [5.41, 5.74) is -4.89. The number of aliphatic hydroxyl groups excluding tert-OH is 5. The second kappa shape index (κ2) is 16.3. The summed E-state index contributed by atoms with van der Waals surface area (Å²) in [6.07, 6.45) is -8.00. The third-order valence-corrected chi connectivity index (χ3v) is 16.8. The number of carbonyl (C=O) groups excluding carboxylic acids is 1. The summed E-state index contributed by atoms with van der Waals surface area (Å²) in [6.45, 7) is 15.5. The Balaban J connectivity index is 0.00000585. The first-order valence-corrected chi connectivity index (χ1v) is 22.5. The predicted molar refractivity (Wildman–Crippen MR) is 209 cm³/mol. The maximum atomic E-state index is 14.3. The summed E-state index contributed by atoms with van der Waals surface area (Å²) in [6, 6.07) is 0. The van der Waals surface area contributed by atoms with Crippen LogP contribution in [0.3, 0.4) is 0 Å². The van der Waals surface area contributed by atoms with Crippen LogP contribution in [0.2, 0.25) is 0 Å². The minimum atomic E-state index is -5.03. The fourth-order valence-electron chi connectivity index (χ4n) is 13.2. The Labute approximate surface area is 369 Å². The first kappa shape index (κ1) is 48.1. The van der Waals surface area contributed by atoms with Crippen LogP contribution in [0.1, 0.15) is 113 Å². The van der Waals surface area contributed by atoms with Gasteiger partial charge in [0.15, 0.2) is 12.6 Å². The molecule has 16 nitrogen and oxygen atoms in total. The van der Waals surface area contributed by atoms with Gasteiger partial charge in [-0.3, -0.25) is 9.35 Å². The van der Waals surface area contributed by atoms with Crippen molar-refractivity contribution in [3.05, 3.63) is 11.6 Å². The molecule has 0 aromatic heterocycles. The molecular weight excluding hydrogens is 803 g/mol. The van der Waals surface area contributed by atoms with Crippen molar-refractivity contribution in [2.45, 2.75) is 192 Å². The molecule has 0 unspecified atom stereocenters. The molecule has 7 rings (SSSR count). The van der Waals surface area contributed by atoms with Crippen LogP contribution in [0, 0.1) is 39.4 Å². The average Bonchev–Trinajstić information content (AvgIpc) is 3.48. The molecule has 7 aliphatic rings. The van der Waals surface area contributed by atoms with Crippen LogP contribution in [-0.4, -0.2) is 164 Å². The van der Waals surface area contributed by atoms with E-state index in [1.54, 1.807) is 0 Å². The fourth-order valence-corrected chi connectivity index (χ4v) is 13.7. The van der Waals surface area contributed by atoms with E-state index < -0.39 is 123 Å². The van der Waals surface area contributed by atoms with E-state index in [1.165, 1.54) is 6.92 Å². The molecule has 3 heterocycles. The molecule has 333 valence electrons. The number of esters is 1. The van der Waals surface area contributed by atoms with Gasteiger partial charge in [0.05, 0.1) is 24.9 Å². The van der Waals surface area contributed by atoms with E-state index in [0.29, 0.717) is 44.4 Å². The molecule has 3 saturated heterocycles. The summed E-state index contributed by atoms with van der Waals surface area (Å²) in [4.78, 5) is 14.3. The van der Waals surface area contributed by atoms with Gasteiger partial charge in [-0.25, -0.2) is 4.18 Å². The number of fused-ring (bicyclic) bond motifs is 4. The molecule has 0 bridgehead atoms. The van der Waals surface area contributed by atoms with Crippen molar-refractivity contribution < 1.29 is 76.3 Å². The Morgan fingerprint density at radius 1 is 0.898 bits per heavy atom. The van der Waals surface area contributed by atoms with Crippen molar-refractivity contribution in [1.82, 2.24) is 0 Å². The van der Waals surface area contributed by atoms with Gasteiger partial charge in [-0.15, -0.1) is 0 Å². The van der Waals surface area contributed by atoms with Gasteiger partial charge in [0.25, 0.3) is 0 Å². The van der Waals surface area contributed by atoms with Crippen LogP contribution in [0.25, 0.3) is 0 Å². The topological polar surface area (TPSA) is 248 Å². The van der Waals surface area contributed by atoms with Gasteiger partial charge in [0.2, 0.25) is 0 Å². The molecule has 18 atom stereocenters. The normalized spacial score (nSPS) is 50.5. The molecule has 18 heteroatoms. The van der Waals surface area contributed by atoms with Crippen LogP contribution in [-0.2, 0) is 43.1 Å². The zero-order chi connectivity index (χ0) is 42.8. The maximum Gasteiger partial charge on any atom is 0.397 e. The van der Waals surface area contributed by atoms with E-state index in [2.05, 4.69) is 45.7 Å². The SMILES string of the molecule is CC(C)CCC[C@]1(C)OC(=O)[C@]23[C@@H](O)C=C4[C@@H](CC[C@H]5C(C)(C)[C@@H](O[C@@H]6OC[C@@H](OS(=O)(=O)O)[C@H](O)[C@H]6O[C@@H]6O[C@H](C)[C@@H](O)[C@H](O)[C@H]6O)CC[C@]45C)[C@]2(C)CC[C@@]31O.[Na]. The summed E-state index contributed by atoms with van der Waals surface area (Å²) < 4.78 is 67.8. The number of ether oxygens (including phenoxy) is 5. The van der Waals surface area contributed by atoms with E-state index in [-0.39, 0.29) is 41.4 Å². The third-order valence-electron chi connectivity index (χ3n) is 16.3. The number of allylic oxidation sites excluding steroid dienone is 1. The fraction of sp³-hybridized carbons (Fsp3) is 0.927. The minimum absolute atomic E-state index is 0. The molecule has 4 aliphatic carbocycles. The number of carbonyl (C=O) groups is 1. The molecule has 7 N–H and O–H groups in total. The number of cyclic esters (lactones) is 1. The number of hydrogen-bond acceptors (Lipinski definition) is 15. The van der Waals surface area contributed by atoms with Crippen molar-refractivity contribution in [3.63, 3.8) is 0 Å². The molecule has 0 aromatic rings. The molecule has 0 aromatic carbocycles. The van der Waals surface area contributed by atoms with E-state index >= 15 is 0 Å². The number of rotatable bonds is 10. The Kier molecular flexibility index (Phi) is 13.3. The second-order valence-electron chi connectivity index (χ2n) is 20.2. The quantitative estimate of drug-likeness (QED) is 0.0545. The molecular formula is C41H66NaO16S. The molecule has 1 spiro atoms. The van der Waals surface area contributed by atoms with Crippen molar-refractivity contribution in [2.75, 3.05) is 6.61 Å². The Morgan fingerprint density at radius 2 is 1.58 bits per heavy atom. The first-order chi connectivity index (χ1) is 26.8. The molecule has 3 saturated carbocycles. The van der Waals surface area contributed by atoms with E-state index in [4.69, 9.17) is 23.7 Å². The van der Waals surface area contributed by atoms with Crippen LogP contribution in [0.4, 0.5) is 0 Å². The van der Waals surface area contributed by atoms with Crippen LogP contribution in [0.5, 0.6) is 0 Å². The smallest absolute Gasteiger partial charge is 0.397 e. The van der Waals surface area contributed by atoms with Crippen molar-refractivity contribution >= 4 is 45.9 Å². The van der Waals surface area contributed by atoms with Gasteiger partial charge < -0.3 is 54.3 Å². The summed E-state index contributed by atoms with van der Waals surface area (Å²) in [5.74, 6) is -0.164. The largest absolute Gasteiger partial charge is 0.456 e. The Morgan fingerprint density at radius 3 is 2.22 bits per heavy atom. The second-order valence-corrected chi connectivity index (χ2v) is 21.2. The van der Waals surface area contributed by atoms with Crippen molar-refractivity contribution in [1.29, 1.82) is 0 Å². The van der Waals surface area contributed by atoms with Gasteiger partial charge in [0, 0.05) is 29.6 Å². The molecule has 59 heavy (non-hydrogen) atoms. The molecule has 0 amide bonds. The minimum Gasteiger partial charge on any atom is -0.456 e. The van der Waals surface area contributed by atoms with Gasteiger partial charge >= 0.3 is 16.4 Å². The van der Waals surface area contributed by atoms with E-state index in [9.17, 15) is 48.4 Å². The summed E-state index contributed by atoms with van der Waals surface area (Å²) in [7, 11) is -5.03. The Hall–Kier alpha value is -0.320. The summed E-state index contributed by atoms with van der Waals surface area (Å²) in [5, 5.41) is 67.9. The standard InChI is InChI=1S/C41H66O16S.Na/c1-20(2)10-9-14-39(8)40(48)17-16-38(7)22-11-12-25-36(4,5)27(13-15-37(25,6)23(22)18-26(42)41(38,40)35(47)56-39)54-34-32(29(44)24(19-52-34)57-58(49,50)51)55-33-31(46)30(45)28(43)21(3)53-33;/h18,20-22,24-34,42-46,48H,9-17,19H2,1-8H3,(H,49,50,51);/t21-,22-,24-,25+,26+,27+,28-,29+,30+,31-,32-,33+,34+,37-,38+,39+,40+,41-;/m1./s1. The zero-order valence-electron chi connectivity index (χ0n) is 35.9. The molecule has 1 radical (unpaired) electrons. The van der Waals surface area contributed by atoms with Crippen molar-refractivity contribution in [2.24, 2.45) is 39.4 Å². The Bertz CT molecular complexity index is 1730. The third kappa shape index (κ3) is 7.28. The molecule has 6 fully saturated rings. The van der Waals surface area contributed by atoms with Gasteiger partial charge in [-0.2, -0.15) is 8.42 Å². The summed E-state index contributed by atoms with van der Waals surface area (Å²) >= 11 is 0. The van der Waals surface area contributed by atoms with Crippen LogP contribution in [0.15, 0.2) is 11.6 Å². The number of aliphatic hydroxyl groups is 6. The van der Waals surface area contributed by atoms with Crippen LogP contribution < -0.4 is 0 Å². The van der Waals surface area contributed by atoms with Gasteiger partial charge in [-0.1, -0.05) is 59.6 Å². The van der Waals surface area contributed by atoms with E-state index in [0.717, 1.165) is 24.8 Å². The molecule has 3 aliphatic heterocycles. The number of hydrogen-bond donors (Lipinski definition) is 7. The van der Waals surface area contributed by atoms with E-state index in [1.807, 2.05) is 13.0 Å². The van der Waals surface area contributed by atoms with Gasteiger partial charge in [-0.05, 0) is 99.2 Å². The first-order valence-electron chi connectivity index (χ1n) is 21.1. The zero-order valence-corrected chi connectivity index (χ0v) is 38.8. The van der Waals surface area contributed by atoms with Crippen molar-refractivity contribution in [3.8, 4) is 0 Å². The maximum absolute atomic E-state index is 14.3. The predicted octanol–water partition coefficient (Wildman–Crippen LogP) is 1.92.